The lowest BCUT2D eigenvalue weighted by Crippen LogP contribution is -2.58. The Hall–Kier alpha value is -3.98. The zero-order valence-corrected chi connectivity index (χ0v) is 27.5. The molecule has 5 atom stereocenters. The summed E-state index contributed by atoms with van der Waals surface area (Å²) in [6, 6.07) is 5.95. The molecule has 4 amide bonds. The molecule has 47 heavy (non-hydrogen) atoms. The number of rotatable bonds is 6. The number of benzene rings is 1. The van der Waals surface area contributed by atoms with Gasteiger partial charge in [0.25, 0.3) is 5.91 Å². The van der Waals surface area contributed by atoms with Crippen LogP contribution in [0.4, 0.5) is 4.79 Å². The highest BCUT2D eigenvalue weighted by atomic mass is 32.2. The van der Waals surface area contributed by atoms with Gasteiger partial charge in [-0.2, -0.15) is 0 Å². The molecule has 3 fully saturated rings. The fourth-order valence-corrected chi connectivity index (χ4v) is 7.17. The van der Waals surface area contributed by atoms with Crippen LogP contribution in [-0.2, 0) is 38.6 Å². The van der Waals surface area contributed by atoms with Gasteiger partial charge in [0.05, 0.1) is 24.0 Å². The number of esters is 1. The number of amides is 4. The van der Waals surface area contributed by atoms with Crippen LogP contribution in [0, 0.1) is 5.92 Å². The minimum absolute atomic E-state index is 0.0863. The zero-order chi connectivity index (χ0) is 34.0. The summed E-state index contributed by atoms with van der Waals surface area (Å²) >= 11 is 0. The molecule has 14 nitrogen and oxygen atoms in total. The monoisotopic (exact) mass is 674 g/mol. The van der Waals surface area contributed by atoms with Crippen molar-refractivity contribution in [3.8, 4) is 0 Å². The summed E-state index contributed by atoms with van der Waals surface area (Å²) in [5.74, 6) is -3.34. The van der Waals surface area contributed by atoms with Gasteiger partial charge in [0.1, 0.15) is 29.3 Å². The van der Waals surface area contributed by atoms with E-state index < -0.39 is 80.3 Å². The fourth-order valence-electron chi connectivity index (χ4n) is 5.80. The van der Waals surface area contributed by atoms with E-state index in [2.05, 4.69) is 15.4 Å². The number of nitrogens with zero attached hydrogens (tertiary/aromatic N) is 1. The molecule has 2 saturated carbocycles. The molecular weight excluding hydrogens is 632 g/mol. The summed E-state index contributed by atoms with van der Waals surface area (Å²) in [6.07, 6.45) is 3.18. The first-order chi connectivity index (χ1) is 22.2. The molecule has 256 valence electrons. The maximum absolute atomic E-state index is 14.1. The smallest absolute Gasteiger partial charge is 0.408 e. The first-order valence-corrected chi connectivity index (χ1v) is 17.4. The van der Waals surface area contributed by atoms with E-state index in [-0.39, 0.29) is 44.6 Å². The van der Waals surface area contributed by atoms with Crippen molar-refractivity contribution in [2.45, 2.75) is 93.9 Å². The SMILES string of the molecule is CC(C)(C)OC(=O)N[C@H]1CCCOCC=C[C@@H]2C[C@@]2(C(=O)NS(=O)(=O)C2CC2)NC(=O)[C@@H]2C[C@@H](OC(=O)c3ccccc3)CN2C1=O. The molecular formula is C32H42N4O10S. The number of alkyl carbamates (subject to hydrolysis) is 1. The summed E-state index contributed by atoms with van der Waals surface area (Å²) in [5, 5.41) is 4.71. The summed E-state index contributed by atoms with van der Waals surface area (Å²) in [4.78, 5) is 68.5. The molecule has 0 aromatic heterocycles. The standard InChI is InChI=1S/C32H42N4O10S/c1-31(2,3)46-30(41)33-24-12-8-16-44-15-7-11-21-18-32(21,29(40)35-47(42,43)23-13-14-23)34-26(37)25-17-22(19-36(25)27(24)38)45-28(39)20-9-5-4-6-10-20/h4-7,9-11,21-25H,8,12-19H2,1-3H3,(H,33,41)(H,34,37)(H,35,40)/t21-,22-,24+,25+,32-/m1/s1. The predicted molar refractivity (Wildman–Crippen MR) is 167 cm³/mol. The number of fused-ring (bicyclic) bond motifs is 2. The van der Waals surface area contributed by atoms with E-state index >= 15 is 0 Å². The van der Waals surface area contributed by atoms with Gasteiger partial charge in [-0.1, -0.05) is 30.4 Å². The highest BCUT2D eigenvalue weighted by molar-refractivity contribution is 7.91. The van der Waals surface area contributed by atoms with Crippen molar-refractivity contribution >= 4 is 39.8 Å². The van der Waals surface area contributed by atoms with Gasteiger partial charge < -0.3 is 29.7 Å². The first kappa shape index (κ1) is 34.4. The number of ether oxygens (including phenoxy) is 3. The molecule has 0 spiro atoms. The Morgan fingerprint density at radius 2 is 1.81 bits per heavy atom. The average molecular weight is 675 g/mol. The number of nitrogens with one attached hydrogen (secondary N) is 3. The molecule has 1 aromatic carbocycles. The van der Waals surface area contributed by atoms with Crippen molar-refractivity contribution in [3.63, 3.8) is 0 Å². The lowest BCUT2D eigenvalue weighted by Gasteiger charge is -2.30. The molecule has 3 N–H and O–H groups in total. The molecule has 1 saturated heterocycles. The lowest BCUT2D eigenvalue weighted by molar-refractivity contribution is -0.141. The van der Waals surface area contributed by atoms with Gasteiger partial charge in [0, 0.05) is 18.9 Å². The first-order valence-electron chi connectivity index (χ1n) is 15.9. The van der Waals surface area contributed by atoms with E-state index in [9.17, 15) is 32.4 Å². The Balaban J connectivity index is 1.42. The van der Waals surface area contributed by atoms with E-state index in [4.69, 9.17) is 14.2 Å². The number of carbonyl (C=O) groups excluding carboxylic acids is 5. The van der Waals surface area contributed by atoms with Crippen LogP contribution in [0.25, 0.3) is 0 Å². The third kappa shape index (κ3) is 8.49. The molecule has 15 heteroatoms. The lowest BCUT2D eigenvalue weighted by atomic mass is 10.1. The Bertz CT molecular complexity index is 1520. The Labute approximate surface area is 274 Å². The van der Waals surface area contributed by atoms with Crippen LogP contribution in [0.5, 0.6) is 0 Å². The highest BCUT2D eigenvalue weighted by Gasteiger charge is 2.62. The van der Waals surface area contributed by atoms with Crippen LogP contribution in [-0.4, -0.2) is 97.4 Å². The second kappa shape index (κ2) is 13.6. The number of carbonyl (C=O) groups is 5. The van der Waals surface area contributed by atoms with Gasteiger partial charge in [-0.15, -0.1) is 0 Å². The molecule has 5 rings (SSSR count). The van der Waals surface area contributed by atoms with E-state index in [1.54, 1.807) is 63.3 Å². The van der Waals surface area contributed by atoms with Crippen LogP contribution in [0.15, 0.2) is 42.5 Å². The summed E-state index contributed by atoms with van der Waals surface area (Å²) in [7, 11) is -3.91. The topological polar surface area (TPSA) is 187 Å². The van der Waals surface area contributed by atoms with Crippen molar-refractivity contribution in [2.24, 2.45) is 5.92 Å². The summed E-state index contributed by atoms with van der Waals surface area (Å²) in [5.41, 5.74) is -2.12. The van der Waals surface area contributed by atoms with Crippen molar-refractivity contribution in [2.75, 3.05) is 19.8 Å². The van der Waals surface area contributed by atoms with Crippen molar-refractivity contribution in [1.29, 1.82) is 0 Å². The largest absolute Gasteiger partial charge is 0.457 e. The van der Waals surface area contributed by atoms with Gasteiger partial charge in [-0.05, 0) is 65.0 Å². The van der Waals surface area contributed by atoms with Crippen LogP contribution >= 0.6 is 0 Å². The van der Waals surface area contributed by atoms with Crippen molar-refractivity contribution < 1.29 is 46.6 Å². The minimum Gasteiger partial charge on any atom is -0.457 e. The minimum atomic E-state index is -3.91. The fraction of sp³-hybridized carbons (Fsp3) is 0.594. The Morgan fingerprint density at radius 1 is 1.09 bits per heavy atom. The summed E-state index contributed by atoms with van der Waals surface area (Å²) < 4.78 is 44.2. The maximum Gasteiger partial charge on any atom is 0.408 e. The predicted octanol–water partition coefficient (Wildman–Crippen LogP) is 1.56. The highest BCUT2D eigenvalue weighted by Crippen LogP contribution is 2.46. The van der Waals surface area contributed by atoms with Gasteiger partial charge in [-0.3, -0.25) is 19.1 Å². The van der Waals surface area contributed by atoms with Crippen LogP contribution in [0.1, 0.15) is 69.7 Å². The second-order valence-corrected chi connectivity index (χ2v) is 15.4. The molecule has 4 aliphatic rings. The molecule has 0 radical (unpaired) electrons. The van der Waals surface area contributed by atoms with E-state index in [1.165, 1.54) is 4.90 Å². The van der Waals surface area contributed by atoms with Gasteiger partial charge in [0.2, 0.25) is 21.8 Å². The third-order valence-electron chi connectivity index (χ3n) is 8.45. The number of hydrogen-bond acceptors (Lipinski definition) is 10. The number of hydrogen-bond donors (Lipinski definition) is 3. The van der Waals surface area contributed by atoms with Gasteiger partial charge >= 0.3 is 12.1 Å². The van der Waals surface area contributed by atoms with Crippen LogP contribution in [0.3, 0.4) is 0 Å². The normalized spacial score (nSPS) is 28.4. The Morgan fingerprint density at radius 3 is 2.49 bits per heavy atom. The molecule has 2 aliphatic heterocycles. The number of sulfonamides is 1. The molecule has 2 aliphatic carbocycles. The van der Waals surface area contributed by atoms with Crippen molar-refractivity contribution in [3.05, 3.63) is 48.0 Å². The average Bonchev–Trinajstić information content (AvgIpc) is 3.92. The van der Waals surface area contributed by atoms with Crippen LogP contribution in [0.2, 0.25) is 0 Å². The quantitative estimate of drug-likeness (QED) is 0.295. The van der Waals surface area contributed by atoms with E-state index in [1.807, 2.05) is 0 Å². The van der Waals surface area contributed by atoms with Gasteiger partial charge in [0.15, 0.2) is 0 Å². The Kier molecular flexibility index (Phi) is 9.96. The second-order valence-electron chi connectivity index (χ2n) is 13.4. The maximum atomic E-state index is 14.1. The summed E-state index contributed by atoms with van der Waals surface area (Å²) in [6.45, 7) is 5.34. The molecule has 0 unspecified atom stereocenters. The van der Waals surface area contributed by atoms with Crippen LogP contribution < -0.4 is 15.4 Å². The molecule has 0 bridgehead atoms. The molecule has 2 heterocycles. The molecule has 1 aromatic rings. The van der Waals surface area contributed by atoms with E-state index in [0.717, 1.165) is 0 Å². The van der Waals surface area contributed by atoms with Crippen molar-refractivity contribution in [1.82, 2.24) is 20.3 Å². The zero-order valence-electron chi connectivity index (χ0n) is 26.7. The van der Waals surface area contributed by atoms with E-state index in [0.29, 0.717) is 19.3 Å². The van der Waals surface area contributed by atoms with Gasteiger partial charge in [-0.25, -0.2) is 18.0 Å². The third-order valence-corrected chi connectivity index (χ3v) is 10.3.